The topological polar surface area (TPSA) is 99.1 Å². The molecule has 1 heterocycles. The molecule has 1 saturated carbocycles. The molecule has 0 saturated heterocycles. The van der Waals surface area contributed by atoms with E-state index in [1.54, 1.807) is 0 Å². The van der Waals surface area contributed by atoms with Gasteiger partial charge in [0.2, 0.25) is 5.89 Å². The molecule has 0 amide bonds. The molecule has 0 atom stereocenters. The highest BCUT2D eigenvalue weighted by Gasteiger charge is 2.37. The Labute approximate surface area is 107 Å². The summed E-state index contributed by atoms with van der Waals surface area (Å²) in [5, 5.41) is 3.70. The van der Waals surface area contributed by atoms with Crippen molar-refractivity contribution in [3.63, 3.8) is 0 Å². The van der Waals surface area contributed by atoms with Gasteiger partial charge in [0.25, 0.3) is 0 Å². The Kier molecular flexibility index (Phi) is 3.46. The van der Waals surface area contributed by atoms with Crippen molar-refractivity contribution < 1.29 is 12.9 Å². The average molecular weight is 273 g/mol. The smallest absolute Gasteiger partial charge is 0.246 e. The van der Waals surface area contributed by atoms with Crippen molar-refractivity contribution in [3.8, 4) is 0 Å². The van der Waals surface area contributed by atoms with Crippen molar-refractivity contribution in [2.24, 2.45) is 11.7 Å². The van der Waals surface area contributed by atoms with Gasteiger partial charge in [-0.2, -0.15) is 4.98 Å². The molecule has 2 rings (SSSR count). The average Bonchev–Trinajstić information content (AvgIpc) is 2.69. The molecule has 0 bridgehead atoms. The minimum atomic E-state index is -3.15. The number of aromatic nitrogens is 2. The highest BCUT2D eigenvalue weighted by Crippen LogP contribution is 2.36. The molecule has 0 spiro atoms. The van der Waals surface area contributed by atoms with E-state index < -0.39 is 15.4 Å². The van der Waals surface area contributed by atoms with Gasteiger partial charge in [0.05, 0.1) is 5.54 Å². The zero-order valence-corrected chi connectivity index (χ0v) is 11.5. The van der Waals surface area contributed by atoms with Gasteiger partial charge in [-0.1, -0.05) is 12.1 Å². The van der Waals surface area contributed by atoms with E-state index in [0.717, 1.165) is 31.9 Å². The Morgan fingerprint density at radius 1 is 1.44 bits per heavy atom. The largest absolute Gasteiger partial charge is 0.337 e. The fourth-order valence-corrected chi connectivity index (χ4v) is 2.83. The van der Waals surface area contributed by atoms with Crippen LogP contribution in [0.1, 0.15) is 44.3 Å². The molecular formula is C11H19N3O3S. The zero-order valence-electron chi connectivity index (χ0n) is 10.7. The van der Waals surface area contributed by atoms with E-state index in [2.05, 4.69) is 17.1 Å². The van der Waals surface area contributed by atoms with Crippen LogP contribution >= 0.6 is 0 Å². The van der Waals surface area contributed by atoms with Crippen molar-refractivity contribution in [2.75, 3.05) is 6.26 Å². The summed E-state index contributed by atoms with van der Waals surface area (Å²) in [6, 6.07) is 0. The van der Waals surface area contributed by atoms with E-state index in [1.165, 1.54) is 0 Å². The molecule has 7 heteroatoms. The number of nitrogens with two attached hydrogens (primary N) is 1. The summed E-state index contributed by atoms with van der Waals surface area (Å²) in [5.74, 6) is 1.02. The highest BCUT2D eigenvalue weighted by atomic mass is 32.2. The molecule has 2 N–H and O–H groups in total. The summed E-state index contributed by atoms with van der Waals surface area (Å²) < 4.78 is 27.4. The fraction of sp³-hybridized carbons (Fsp3) is 0.818. The minimum Gasteiger partial charge on any atom is -0.337 e. The monoisotopic (exact) mass is 273 g/mol. The maximum atomic E-state index is 11.2. The number of nitrogens with zero attached hydrogens (tertiary/aromatic N) is 2. The van der Waals surface area contributed by atoms with Crippen molar-refractivity contribution in [2.45, 2.75) is 43.9 Å². The summed E-state index contributed by atoms with van der Waals surface area (Å²) in [6.45, 7) is 2.20. The van der Waals surface area contributed by atoms with E-state index >= 15 is 0 Å². The standard InChI is InChI=1S/C11H19N3O3S/c1-8-3-5-11(12,6-4-8)10-13-9(14-17-10)7-18(2,15)16/h8H,3-7,12H2,1-2H3. The summed E-state index contributed by atoms with van der Waals surface area (Å²) in [5.41, 5.74) is 5.69. The van der Waals surface area contributed by atoms with E-state index in [4.69, 9.17) is 10.3 Å². The van der Waals surface area contributed by atoms with Crippen LogP contribution in [0.25, 0.3) is 0 Å². The lowest BCUT2D eigenvalue weighted by molar-refractivity contribution is 0.190. The lowest BCUT2D eigenvalue weighted by atomic mass is 9.78. The van der Waals surface area contributed by atoms with Gasteiger partial charge >= 0.3 is 0 Å². The first kappa shape index (κ1) is 13.5. The van der Waals surface area contributed by atoms with Gasteiger partial charge in [0, 0.05) is 6.26 Å². The second kappa shape index (κ2) is 4.62. The van der Waals surface area contributed by atoms with E-state index in [0.29, 0.717) is 11.8 Å². The predicted molar refractivity (Wildman–Crippen MR) is 66.3 cm³/mol. The quantitative estimate of drug-likeness (QED) is 0.881. The Balaban J connectivity index is 2.14. The van der Waals surface area contributed by atoms with Crippen molar-refractivity contribution in [1.82, 2.24) is 10.1 Å². The number of hydrogen-bond acceptors (Lipinski definition) is 6. The van der Waals surface area contributed by atoms with Crippen molar-refractivity contribution in [3.05, 3.63) is 11.7 Å². The first-order valence-corrected chi connectivity index (χ1v) is 8.14. The molecule has 18 heavy (non-hydrogen) atoms. The molecule has 0 radical (unpaired) electrons. The lowest BCUT2D eigenvalue weighted by Crippen LogP contribution is -2.40. The van der Waals surface area contributed by atoms with Gasteiger partial charge in [-0.3, -0.25) is 0 Å². The summed E-state index contributed by atoms with van der Waals surface area (Å²) in [4.78, 5) is 4.13. The second-order valence-corrected chi connectivity index (χ2v) is 7.56. The van der Waals surface area contributed by atoms with Crippen LogP contribution in [-0.4, -0.2) is 24.8 Å². The Bertz CT molecular complexity index is 515. The Morgan fingerprint density at radius 2 is 2.06 bits per heavy atom. The van der Waals surface area contributed by atoms with E-state index in [1.807, 2.05) is 0 Å². The molecular weight excluding hydrogens is 254 g/mol. The van der Waals surface area contributed by atoms with Crippen LogP contribution in [0.5, 0.6) is 0 Å². The van der Waals surface area contributed by atoms with Gasteiger partial charge in [-0.15, -0.1) is 0 Å². The Hall–Kier alpha value is -0.950. The fourth-order valence-electron chi connectivity index (χ4n) is 2.24. The van der Waals surface area contributed by atoms with Gasteiger partial charge in [0.1, 0.15) is 5.75 Å². The van der Waals surface area contributed by atoms with Crippen LogP contribution in [0.3, 0.4) is 0 Å². The van der Waals surface area contributed by atoms with Crippen LogP contribution < -0.4 is 5.73 Å². The van der Waals surface area contributed by atoms with Crippen LogP contribution in [0.2, 0.25) is 0 Å². The third-order valence-corrected chi connectivity index (χ3v) is 4.23. The molecule has 1 fully saturated rings. The van der Waals surface area contributed by atoms with Gasteiger partial charge in [0.15, 0.2) is 15.7 Å². The van der Waals surface area contributed by atoms with Crippen LogP contribution in [-0.2, 0) is 21.1 Å². The number of sulfone groups is 1. The maximum absolute atomic E-state index is 11.2. The zero-order chi connectivity index (χ0) is 13.4. The molecule has 102 valence electrons. The normalized spacial score (nSPS) is 29.4. The second-order valence-electron chi connectivity index (χ2n) is 5.42. The van der Waals surface area contributed by atoms with Crippen molar-refractivity contribution >= 4 is 9.84 Å². The third-order valence-electron chi connectivity index (χ3n) is 3.45. The summed E-state index contributed by atoms with van der Waals surface area (Å²) in [6.07, 6.45) is 4.80. The molecule has 1 aromatic heterocycles. The van der Waals surface area contributed by atoms with Crippen LogP contribution in [0.15, 0.2) is 4.52 Å². The summed E-state index contributed by atoms with van der Waals surface area (Å²) >= 11 is 0. The predicted octanol–water partition coefficient (Wildman–Crippen LogP) is 0.978. The summed E-state index contributed by atoms with van der Waals surface area (Å²) in [7, 11) is -3.15. The molecule has 0 unspecified atom stereocenters. The number of rotatable bonds is 3. The maximum Gasteiger partial charge on any atom is 0.246 e. The molecule has 1 aromatic rings. The van der Waals surface area contributed by atoms with E-state index in [-0.39, 0.29) is 11.6 Å². The molecule has 0 aromatic carbocycles. The first-order valence-electron chi connectivity index (χ1n) is 6.08. The lowest BCUT2D eigenvalue weighted by Gasteiger charge is -2.32. The number of hydrogen-bond donors (Lipinski definition) is 1. The first-order chi connectivity index (χ1) is 8.28. The molecule has 1 aliphatic rings. The minimum absolute atomic E-state index is 0.191. The van der Waals surface area contributed by atoms with Gasteiger partial charge in [-0.25, -0.2) is 8.42 Å². The van der Waals surface area contributed by atoms with Gasteiger partial charge < -0.3 is 10.3 Å². The van der Waals surface area contributed by atoms with E-state index in [9.17, 15) is 8.42 Å². The highest BCUT2D eigenvalue weighted by molar-refractivity contribution is 7.89. The molecule has 1 aliphatic carbocycles. The van der Waals surface area contributed by atoms with Crippen LogP contribution in [0.4, 0.5) is 0 Å². The SMILES string of the molecule is CC1CCC(N)(c2nc(CS(C)(=O)=O)no2)CC1. The van der Waals surface area contributed by atoms with Crippen LogP contribution in [0, 0.1) is 5.92 Å². The van der Waals surface area contributed by atoms with Crippen molar-refractivity contribution in [1.29, 1.82) is 0 Å². The molecule has 6 nitrogen and oxygen atoms in total. The van der Waals surface area contributed by atoms with Gasteiger partial charge in [-0.05, 0) is 31.6 Å². The molecule has 0 aliphatic heterocycles. The Morgan fingerprint density at radius 3 is 2.61 bits per heavy atom. The third kappa shape index (κ3) is 3.08.